The van der Waals surface area contributed by atoms with E-state index in [2.05, 4.69) is 0 Å². The maximum atomic E-state index is 13.5. The second-order valence-corrected chi connectivity index (χ2v) is 4.23. The lowest BCUT2D eigenvalue weighted by molar-refractivity contribution is -0.140. The second kappa shape index (κ2) is 3.63. The zero-order valence-electron chi connectivity index (χ0n) is 8.59. The van der Waals surface area contributed by atoms with E-state index >= 15 is 0 Å². The minimum absolute atomic E-state index is 0.0626. The molecule has 0 radical (unpaired) electrons. The number of hydrogen-bond acceptors (Lipinski definition) is 2. The lowest BCUT2D eigenvalue weighted by Gasteiger charge is -2.16. The maximum absolute atomic E-state index is 13.5. The predicted octanol–water partition coefficient (Wildman–Crippen LogP) is 2.60. The number of ether oxygens (including phenoxy) is 1. The summed E-state index contributed by atoms with van der Waals surface area (Å²) in [5.74, 6) is -1.64. The highest BCUT2D eigenvalue weighted by atomic mass is 35.5. The summed E-state index contributed by atoms with van der Waals surface area (Å²) < 4.78 is 18.4. The fourth-order valence-electron chi connectivity index (χ4n) is 1.87. The summed E-state index contributed by atoms with van der Waals surface area (Å²) in [6, 6.07) is 2.53. The van der Waals surface area contributed by atoms with Crippen LogP contribution in [0.4, 0.5) is 4.39 Å². The predicted molar refractivity (Wildman–Crippen MR) is 56.5 cm³/mol. The smallest absolute Gasteiger partial charge is 0.314 e. The third-order valence-electron chi connectivity index (χ3n) is 2.90. The normalized spacial score (nSPS) is 16.9. The fourth-order valence-corrected chi connectivity index (χ4v) is 2.20. The van der Waals surface area contributed by atoms with Crippen LogP contribution in [0.25, 0.3) is 0 Å². The van der Waals surface area contributed by atoms with Crippen LogP contribution >= 0.6 is 11.6 Å². The standard InChI is InChI=1S/C11H10ClFO3/c1-16-9-7(13)3-2-6(12)8(9)11(4-5-11)10(14)15/h2-3H,4-5H2,1H3,(H,14,15). The van der Waals surface area contributed by atoms with Gasteiger partial charge in [-0.05, 0) is 25.0 Å². The van der Waals surface area contributed by atoms with Crippen molar-refractivity contribution in [2.24, 2.45) is 0 Å². The van der Waals surface area contributed by atoms with Crippen molar-refractivity contribution in [3.8, 4) is 5.75 Å². The van der Waals surface area contributed by atoms with Crippen molar-refractivity contribution in [2.75, 3.05) is 7.11 Å². The van der Waals surface area contributed by atoms with Gasteiger partial charge in [0.1, 0.15) is 0 Å². The first kappa shape index (κ1) is 11.2. The molecule has 0 spiro atoms. The fraction of sp³-hybridized carbons (Fsp3) is 0.364. The van der Waals surface area contributed by atoms with E-state index in [4.69, 9.17) is 21.4 Å². The number of carbonyl (C=O) groups is 1. The molecule has 3 nitrogen and oxygen atoms in total. The number of halogens is 2. The summed E-state index contributed by atoms with van der Waals surface area (Å²) >= 11 is 5.94. The highest BCUT2D eigenvalue weighted by molar-refractivity contribution is 6.32. The molecule has 1 aromatic carbocycles. The van der Waals surface area contributed by atoms with Gasteiger partial charge in [-0.1, -0.05) is 11.6 Å². The Labute approximate surface area is 96.8 Å². The molecular formula is C11H10ClFO3. The van der Waals surface area contributed by atoms with E-state index < -0.39 is 17.2 Å². The number of carboxylic acids is 1. The zero-order chi connectivity index (χ0) is 11.9. The first-order chi connectivity index (χ1) is 7.53. The molecule has 0 amide bonds. The van der Waals surface area contributed by atoms with E-state index in [0.29, 0.717) is 12.8 Å². The maximum Gasteiger partial charge on any atom is 0.314 e. The molecule has 1 saturated carbocycles. The molecule has 0 atom stereocenters. The van der Waals surface area contributed by atoms with Crippen LogP contribution in [0.2, 0.25) is 5.02 Å². The van der Waals surface area contributed by atoms with Crippen LogP contribution in [0.5, 0.6) is 5.75 Å². The zero-order valence-corrected chi connectivity index (χ0v) is 9.34. The Morgan fingerprint density at radius 2 is 2.19 bits per heavy atom. The minimum Gasteiger partial charge on any atom is -0.493 e. The largest absolute Gasteiger partial charge is 0.493 e. The van der Waals surface area contributed by atoms with E-state index in [0.717, 1.165) is 0 Å². The van der Waals surface area contributed by atoms with Gasteiger partial charge in [-0.2, -0.15) is 0 Å². The van der Waals surface area contributed by atoms with Gasteiger partial charge in [0.15, 0.2) is 11.6 Å². The van der Waals surface area contributed by atoms with Crippen molar-refractivity contribution in [1.82, 2.24) is 0 Å². The SMILES string of the molecule is COc1c(F)ccc(Cl)c1C1(C(=O)O)CC1. The average molecular weight is 245 g/mol. The summed E-state index contributed by atoms with van der Waals surface area (Å²) in [6.45, 7) is 0. The Bertz CT molecular complexity index is 455. The summed E-state index contributed by atoms with van der Waals surface area (Å²) in [4.78, 5) is 11.2. The highest BCUT2D eigenvalue weighted by Gasteiger charge is 2.55. The minimum atomic E-state index is -1.06. The highest BCUT2D eigenvalue weighted by Crippen LogP contribution is 2.54. The topological polar surface area (TPSA) is 46.5 Å². The van der Waals surface area contributed by atoms with Crippen LogP contribution in [0.3, 0.4) is 0 Å². The Morgan fingerprint density at radius 1 is 1.56 bits per heavy atom. The first-order valence-electron chi connectivity index (χ1n) is 4.79. The van der Waals surface area contributed by atoms with Crippen molar-refractivity contribution in [3.63, 3.8) is 0 Å². The molecule has 1 N–H and O–H groups in total. The van der Waals surface area contributed by atoms with Gasteiger partial charge in [-0.25, -0.2) is 4.39 Å². The molecule has 16 heavy (non-hydrogen) atoms. The van der Waals surface area contributed by atoms with Gasteiger partial charge < -0.3 is 9.84 Å². The van der Waals surface area contributed by atoms with Crippen molar-refractivity contribution in [2.45, 2.75) is 18.3 Å². The van der Waals surface area contributed by atoms with Gasteiger partial charge in [0.2, 0.25) is 0 Å². The number of hydrogen-bond donors (Lipinski definition) is 1. The molecule has 86 valence electrons. The van der Waals surface area contributed by atoms with Gasteiger partial charge in [0, 0.05) is 10.6 Å². The molecule has 5 heteroatoms. The van der Waals surface area contributed by atoms with Crippen LogP contribution in [0.15, 0.2) is 12.1 Å². The van der Waals surface area contributed by atoms with Gasteiger partial charge in [0.25, 0.3) is 0 Å². The van der Waals surface area contributed by atoms with Gasteiger partial charge in [-0.3, -0.25) is 4.79 Å². The molecule has 0 unspecified atom stereocenters. The summed E-state index contributed by atoms with van der Waals surface area (Å²) in [6.07, 6.45) is 0.920. The van der Waals surface area contributed by atoms with Gasteiger partial charge in [-0.15, -0.1) is 0 Å². The first-order valence-corrected chi connectivity index (χ1v) is 5.16. The summed E-state index contributed by atoms with van der Waals surface area (Å²) in [5, 5.41) is 9.39. The number of carboxylic acid groups (broad SMARTS) is 1. The van der Waals surface area contributed by atoms with E-state index in [1.807, 2.05) is 0 Å². The van der Waals surface area contributed by atoms with E-state index in [-0.39, 0.29) is 16.3 Å². The van der Waals surface area contributed by atoms with Crippen molar-refractivity contribution >= 4 is 17.6 Å². The Kier molecular flexibility index (Phi) is 2.54. The summed E-state index contributed by atoms with van der Waals surface area (Å²) in [5.41, 5.74) is -0.811. The van der Waals surface area contributed by atoms with Crippen molar-refractivity contribution < 1.29 is 19.0 Å². The van der Waals surface area contributed by atoms with Crippen LogP contribution in [0.1, 0.15) is 18.4 Å². The number of benzene rings is 1. The van der Waals surface area contributed by atoms with Crippen LogP contribution in [0, 0.1) is 5.82 Å². The molecule has 0 aromatic heterocycles. The van der Waals surface area contributed by atoms with Crippen LogP contribution < -0.4 is 4.74 Å². The number of methoxy groups -OCH3 is 1. The quantitative estimate of drug-likeness (QED) is 0.889. The second-order valence-electron chi connectivity index (χ2n) is 3.82. The Hall–Kier alpha value is -1.29. The lowest BCUT2D eigenvalue weighted by atomic mass is 9.95. The average Bonchev–Trinajstić information content (AvgIpc) is 3.02. The molecule has 1 aromatic rings. The van der Waals surface area contributed by atoms with Crippen molar-refractivity contribution in [3.05, 3.63) is 28.5 Å². The molecule has 1 aliphatic carbocycles. The van der Waals surface area contributed by atoms with E-state index in [9.17, 15) is 9.18 Å². The molecular weight excluding hydrogens is 235 g/mol. The molecule has 2 rings (SSSR count). The summed E-state index contributed by atoms with van der Waals surface area (Å²) in [7, 11) is 1.30. The lowest BCUT2D eigenvalue weighted by Crippen LogP contribution is -2.21. The van der Waals surface area contributed by atoms with E-state index in [1.165, 1.54) is 19.2 Å². The molecule has 0 bridgehead atoms. The Balaban J connectivity index is 2.64. The molecule has 1 fully saturated rings. The molecule has 0 saturated heterocycles. The number of aliphatic carboxylic acids is 1. The third-order valence-corrected chi connectivity index (χ3v) is 3.22. The van der Waals surface area contributed by atoms with Crippen LogP contribution in [-0.4, -0.2) is 18.2 Å². The molecule has 0 heterocycles. The monoisotopic (exact) mass is 244 g/mol. The Morgan fingerprint density at radius 3 is 2.62 bits per heavy atom. The van der Waals surface area contributed by atoms with Gasteiger partial charge >= 0.3 is 5.97 Å². The number of rotatable bonds is 3. The van der Waals surface area contributed by atoms with Crippen molar-refractivity contribution in [1.29, 1.82) is 0 Å². The third kappa shape index (κ3) is 1.45. The van der Waals surface area contributed by atoms with Gasteiger partial charge in [0.05, 0.1) is 12.5 Å². The van der Waals surface area contributed by atoms with Crippen LogP contribution in [-0.2, 0) is 10.2 Å². The molecule has 1 aliphatic rings. The van der Waals surface area contributed by atoms with E-state index in [1.54, 1.807) is 0 Å². The molecule has 0 aliphatic heterocycles.